The second-order valence-electron chi connectivity index (χ2n) is 4.26. The lowest BCUT2D eigenvalue weighted by atomic mass is 10.1. The first kappa shape index (κ1) is 15.2. The molecule has 6 nitrogen and oxygen atoms in total. The van der Waals surface area contributed by atoms with Gasteiger partial charge in [-0.05, 0) is 31.2 Å². The molecule has 0 saturated heterocycles. The molecule has 0 aliphatic rings. The Morgan fingerprint density at radius 1 is 1.27 bits per heavy atom. The average Bonchev–Trinajstić information content (AvgIpc) is 2.55. The summed E-state index contributed by atoms with van der Waals surface area (Å²) >= 11 is 0. The lowest BCUT2D eigenvalue weighted by Gasteiger charge is -2.10. The monoisotopic (exact) mass is 295 g/mol. The van der Waals surface area contributed by atoms with Crippen molar-refractivity contribution in [3.63, 3.8) is 0 Å². The first-order valence-electron chi connectivity index (χ1n) is 6.59. The molecule has 0 saturated carbocycles. The Morgan fingerprint density at radius 2 is 2.05 bits per heavy atom. The molecule has 22 heavy (non-hydrogen) atoms. The Kier molecular flexibility index (Phi) is 4.83. The molecule has 1 heterocycles. The number of anilines is 1. The summed E-state index contributed by atoms with van der Waals surface area (Å²) in [5.41, 5.74) is 1.15. The molecule has 1 aromatic carbocycles. The highest BCUT2D eigenvalue weighted by molar-refractivity contribution is 6.07. The van der Waals surface area contributed by atoms with Crippen LogP contribution in [0.3, 0.4) is 0 Å². The highest BCUT2D eigenvalue weighted by Crippen LogP contribution is 2.17. The molecule has 1 aromatic heterocycles. The number of hydrogen-bond acceptors (Lipinski definition) is 5. The fraction of sp³-hybridized carbons (Fsp3) is 0.125. The summed E-state index contributed by atoms with van der Waals surface area (Å²) < 4.78 is 4.95. The van der Waals surface area contributed by atoms with E-state index in [1.165, 1.54) is 18.3 Å². The Morgan fingerprint density at radius 3 is 2.68 bits per heavy atom. The van der Waals surface area contributed by atoms with Crippen LogP contribution in [0.2, 0.25) is 0 Å². The van der Waals surface area contributed by atoms with Crippen molar-refractivity contribution in [1.82, 2.24) is 4.98 Å². The lowest BCUT2D eigenvalue weighted by molar-refractivity contribution is 0.0527. The van der Waals surface area contributed by atoms with Gasteiger partial charge in [-0.2, -0.15) is 5.26 Å². The van der Waals surface area contributed by atoms with E-state index in [-0.39, 0.29) is 23.4 Å². The number of aromatic nitrogens is 1. The fourth-order valence-corrected chi connectivity index (χ4v) is 1.77. The van der Waals surface area contributed by atoms with Crippen molar-refractivity contribution in [1.29, 1.82) is 5.26 Å². The van der Waals surface area contributed by atoms with Crippen molar-refractivity contribution < 1.29 is 14.3 Å². The minimum Gasteiger partial charge on any atom is -0.462 e. The van der Waals surface area contributed by atoms with Crippen LogP contribution in [0, 0.1) is 11.3 Å². The molecule has 0 spiro atoms. The van der Waals surface area contributed by atoms with Crippen LogP contribution in [0.4, 0.5) is 5.69 Å². The van der Waals surface area contributed by atoms with Gasteiger partial charge in [-0.3, -0.25) is 4.79 Å². The van der Waals surface area contributed by atoms with Gasteiger partial charge in [0.25, 0.3) is 5.91 Å². The summed E-state index contributed by atoms with van der Waals surface area (Å²) in [5, 5.41) is 11.3. The summed E-state index contributed by atoms with van der Waals surface area (Å²) in [6.45, 7) is 1.96. The van der Waals surface area contributed by atoms with Crippen molar-refractivity contribution in [2.45, 2.75) is 6.92 Å². The molecule has 0 aliphatic carbocycles. The zero-order valence-corrected chi connectivity index (χ0v) is 11.9. The number of hydrogen-bond donors (Lipinski definition) is 1. The molecule has 6 heteroatoms. The number of ether oxygens (including phenoxy) is 1. The Balaban J connectivity index is 2.21. The van der Waals surface area contributed by atoms with E-state index in [0.717, 1.165) is 0 Å². The van der Waals surface area contributed by atoms with Gasteiger partial charge in [0.1, 0.15) is 11.8 Å². The third-order valence-corrected chi connectivity index (χ3v) is 2.81. The standard InChI is InChI=1S/C16H13N3O3/c1-2-22-16(21)13-5-3-4-6-14(13)19-15(20)11-7-8-12(9-17)18-10-11/h3-8,10H,2H2,1H3,(H,19,20). The van der Waals surface area contributed by atoms with Crippen molar-refractivity contribution in [3.05, 3.63) is 59.4 Å². The molecule has 1 N–H and O–H groups in total. The van der Waals surface area contributed by atoms with E-state index in [9.17, 15) is 9.59 Å². The molecular weight excluding hydrogens is 282 g/mol. The molecule has 2 aromatic rings. The highest BCUT2D eigenvalue weighted by atomic mass is 16.5. The molecule has 110 valence electrons. The predicted molar refractivity (Wildman–Crippen MR) is 79.3 cm³/mol. The Hall–Kier alpha value is -3.20. The molecule has 0 unspecified atom stereocenters. The minimum absolute atomic E-state index is 0.225. The van der Waals surface area contributed by atoms with Crippen LogP contribution in [0.5, 0.6) is 0 Å². The van der Waals surface area contributed by atoms with Crippen molar-refractivity contribution in [3.8, 4) is 6.07 Å². The molecule has 0 aliphatic heterocycles. The van der Waals surface area contributed by atoms with E-state index in [1.54, 1.807) is 31.2 Å². The van der Waals surface area contributed by atoms with Gasteiger partial charge >= 0.3 is 5.97 Å². The molecule has 1 amide bonds. The number of pyridine rings is 1. The zero-order chi connectivity index (χ0) is 15.9. The Bertz CT molecular complexity index is 733. The fourth-order valence-electron chi connectivity index (χ4n) is 1.77. The maximum atomic E-state index is 12.2. The molecule has 0 radical (unpaired) electrons. The second-order valence-corrected chi connectivity index (χ2v) is 4.26. The zero-order valence-electron chi connectivity index (χ0n) is 11.9. The number of rotatable bonds is 4. The molecule has 0 bridgehead atoms. The maximum absolute atomic E-state index is 12.2. The number of benzene rings is 1. The normalized spacial score (nSPS) is 9.64. The van der Waals surface area contributed by atoms with Crippen molar-refractivity contribution in [2.24, 2.45) is 0 Å². The van der Waals surface area contributed by atoms with E-state index in [4.69, 9.17) is 10.00 Å². The first-order valence-corrected chi connectivity index (χ1v) is 6.59. The maximum Gasteiger partial charge on any atom is 0.340 e. The van der Waals surface area contributed by atoms with Gasteiger partial charge < -0.3 is 10.1 Å². The van der Waals surface area contributed by atoms with E-state index < -0.39 is 11.9 Å². The van der Waals surface area contributed by atoms with Gasteiger partial charge in [0.15, 0.2) is 0 Å². The van der Waals surface area contributed by atoms with Crippen molar-refractivity contribution in [2.75, 3.05) is 11.9 Å². The molecule has 0 atom stereocenters. The van der Waals surface area contributed by atoms with Crippen molar-refractivity contribution >= 4 is 17.6 Å². The van der Waals surface area contributed by atoms with Gasteiger partial charge in [0, 0.05) is 6.20 Å². The lowest BCUT2D eigenvalue weighted by Crippen LogP contribution is -2.16. The van der Waals surface area contributed by atoms with Crippen LogP contribution in [0.1, 0.15) is 33.3 Å². The molecule has 0 fully saturated rings. The van der Waals surface area contributed by atoms with Crippen LogP contribution in [-0.4, -0.2) is 23.5 Å². The second kappa shape index (κ2) is 6.99. The van der Waals surface area contributed by atoms with Gasteiger partial charge in [0.2, 0.25) is 0 Å². The summed E-state index contributed by atoms with van der Waals surface area (Å²) in [7, 11) is 0. The number of nitrogens with one attached hydrogen (secondary N) is 1. The number of nitriles is 1. The van der Waals surface area contributed by atoms with Gasteiger partial charge in [0.05, 0.1) is 23.4 Å². The van der Waals surface area contributed by atoms with Gasteiger partial charge in [-0.1, -0.05) is 12.1 Å². The summed E-state index contributed by atoms with van der Waals surface area (Å²) in [6.07, 6.45) is 1.31. The van der Waals surface area contributed by atoms with E-state index in [1.807, 2.05) is 6.07 Å². The average molecular weight is 295 g/mol. The van der Waals surface area contributed by atoms with Gasteiger partial charge in [-0.25, -0.2) is 9.78 Å². The number of esters is 1. The SMILES string of the molecule is CCOC(=O)c1ccccc1NC(=O)c1ccc(C#N)nc1. The number of carbonyl (C=O) groups excluding carboxylic acids is 2. The molecular formula is C16H13N3O3. The summed E-state index contributed by atoms with van der Waals surface area (Å²) in [4.78, 5) is 27.8. The summed E-state index contributed by atoms with van der Waals surface area (Å²) in [5.74, 6) is -0.926. The van der Waals surface area contributed by atoms with Gasteiger partial charge in [-0.15, -0.1) is 0 Å². The number of nitrogens with zero attached hydrogens (tertiary/aromatic N) is 2. The van der Waals surface area contributed by atoms with Crippen LogP contribution < -0.4 is 5.32 Å². The first-order chi connectivity index (χ1) is 10.7. The van der Waals surface area contributed by atoms with E-state index in [2.05, 4.69) is 10.3 Å². The van der Waals surface area contributed by atoms with Crippen LogP contribution in [0.25, 0.3) is 0 Å². The third kappa shape index (κ3) is 3.46. The number of amides is 1. The molecule has 2 rings (SSSR count). The number of para-hydroxylation sites is 1. The van der Waals surface area contributed by atoms with Crippen LogP contribution in [-0.2, 0) is 4.74 Å². The smallest absolute Gasteiger partial charge is 0.340 e. The largest absolute Gasteiger partial charge is 0.462 e. The predicted octanol–water partition coefficient (Wildman–Crippen LogP) is 2.38. The van der Waals surface area contributed by atoms with Crippen LogP contribution in [0.15, 0.2) is 42.6 Å². The van der Waals surface area contributed by atoms with Crippen LogP contribution >= 0.6 is 0 Å². The highest BCUT2D eigenvalue weighted by Gasteiger charge is 2.14. The van der Waals surface area contributed by atoms with E-state index >= 15 is 0 Å². The Labute approximate surface area is 127 Å². The van der Waals surface area contributed by atoms with E-state index in [0.29, 0.717) is 5.69 Å². The quantitative estimate of drug-likeness (QED) is 0.874. The summed E-state index contributed by atoms with van der Waals surface area (Å²) in [6, 6.07) is 11.4. The third-order valence-electron chi connectivity index (χ3n) is 2.81. The number of carbonyl (C=O) groups is 2. The topological polar surface area (TPSA) is 92.1 Å². The minimum atomic E-state index is -0.503.